The van der Waals surface area contributed by atoms with Crippen LogP contribution >= 0.6 is 0 Å². The van der Waals surface area contributed by atoms with E-state index >= 15 is 0 Å². The summed E-state index contributed by atoms with van der Waals surface area (Å²) in [5.41, 5.74) is 4.40. The topological polar surface area (TPSA) is 68.8 Å². The van der Waals surface area contributed by atoms with Gasteiger partial charge in [0.15, 0.2) is 5.82 Å². The van der Waals surface area contributed by atoms with E-state index in [2.05, 4.69) is 26.9 Å². The molecule has 0 N–H and O–H groups in total. The minimum Gasteiger partial charge on any atom is -0.338 e. The number of benzene rings is 1. The summed E-state index contributed by atoms with van der Waals surface area (Å²) in [6.07, 6.45) is 6.50. The second-order valence-electron chi connectivity index (χ2n) is 8.20. The van der Waals surface area contributed by atoms with Gasteiger partial charge in [0.05, 0.1) is 0 Å². The summed E-state index contributed by atoms with van der Waals surface area (Å²) < 4.78 is 4.07. The number of hydrogen-bond acceptors (Lipinski definition) is 4. The van der Waals surface area contributed by atoms with E-state index in [1.165, 1.54) is 24.1 Å². The van der Waals surface area contributed by atoms with E-state index < -0.39 is 0 Å². The van der Waals surface area contributed by atoms with Crippen LogP contribution in [0.4, 0.5) is 0 Å². The average molecular weight is 390 g/mol. The molecule has 1 aromatic carbocycles. The van der Waals surface area contributed by atoms with Crippen molar-refractivity contribution in [1.29, 1.82) is 0 Å². The molecule has 1 aliphatic carbocycles. The van der Waals surface area contributed by atoms with Gasteiger partial charge in [0.25, 0.3) is 0 Å². The maximum atomic E-state index is 12.9. The van der Waals surface area contributed by atoms with Gasteiger partial charge >= 0.3 is 0 Å². The Labute approximate surface area is 170 Å². The number of rotatable bonds is 6. The van der Waals surface area contributed by atoms with Crippen molar-refractivity contribution in [2.24, 2.45) is 13.0 Å². The van der Waals surface area contributed by atoms with E-state index in [0.717, 1.165) is 48.9 Å². The number of aromatic nitrogens is 5. The van der Waals surface area contributed by atoms with Crippen molar-refractivity contribution in [3.8, 4) is 11.5 Å². The Hall–Kier alpha value is -2.96. The highest BCUT2D eigenvalue weighted by Crippen LogP contribution is 2.33. The Kier molecular flexibility index (Phi) is 4.66. The Morgan fingerprint density at radius 2 is 2.03 bits per heavy atom. The van der Waals surface area contributed by atoms with E-state index in [0.29, 0.717) is 13.0 Å². The second kappa shape index (κ2) is 7.46. The van der Waals surface area contributed by atoms with Crippen LogP contribution in [0.25, 0.3) is 11.5 Å². The Balaban J connectivity index is 1.34. The maximum absolute atomic E-state index is 12.9. The third-order valence-corrected chi connectivity index (χ3v) is 6.04. The summed E-state index contributed by atoms with van der Waals surface area (Å²) in [7, 11) is 1.98. The number of hydrogen-bond donors (Lipinski definition) is 0. The van der Waals surface area contributed by atoms with Gasteiger partial charge in [-0.3, -0.25) is 9.48 Å². The minimum absolute atomic E-state index is 0.203. The molecule has 0 radical (unpaired) electrons. The molecule has 29 heavy (non-hydrogen) atoms. The maximum Gasteiger partial charge on any atom is 0.223 e. The smallest absolute Gasteiger partial charge is 0.223 e. The molecule has 0 unspecified atom stereocenters. The van der Waals surface area contributed by atoms with Gasteiger partial charge < -0.3 is 9.47 Å². The zero-order valence-corrected chi connectivity index (χ0v) is 16.8. The molecule has 7 nitrogen and oxygen atoms in total. The van der Waals surface area contributed by atoms with E-state index in [1.807, 2.05) is 34.8 Å². The first-order valence-electron chi connectivity index (χ1n) is 10.4. The third-order valence-electron chi connectivity index (χ3n) is 6.04. The zero-order valence-electron chi connectivity index (χ0n) is 16.8. The molecule has 3 aromatic rings. The number of fused-ring (bicyclic) bond motifs is 1. The molecule has 0 saturated heterocycles. The van der Waals surface area contributed by atoms with E-state index in [-0.39, 0.29) is 5.91 Å². The molecule has 2 aliphatic rings. The Morgan fingerprint density at radius 3 is 2.83 bits per heavy atom. The number of carbonyl (C=O) groups is 1. The van der Waals surface area contributed by atoms with Gasteiger partial charge in [-0.25, -0.2) is 0 Å². The fourth-order valence-corrected chi connectivity index (χ4v) is 4.19. The second-order valence-corrected chi connectivity index (χ2v) is 8.20. The van der Waals surface area contributed by atoms with Gasteiger partial charge in [-0.1, -0.05) is 30.3 Å². The molecule has 2 aromatic heterocycles. The normalized spacial score (nSPS) is 16.1. The summed E-state index contributed by atoms with van der Waals surface area (Å²) in [6.45, 7) is 2.30. The standard InChI is InChI=1S/C22H26N6O/c1-26-19-11-12-27(20(29)10-9-16-5-3-2-4-6-16)14-18(19)21(25-26)22-24-23-15-28(22)13-17-7-8-17/h2-6,15,17H,7-14H2,1H3. The molecule has 0 spiro atoms. The van der Waals surface area contributed by atoms with Crippen molar-refractivity contribution in [3.63, 3.8) is 0 Å². The summed E-state index contributed by atoms with van der Waals surface area (Å²) in [4.78, 5) is 14.8. The van der Waals surface area contributed by atoms with Gasteiger partial charge in [-0.2, -0.15) is 5.10 Å². The molecule has 1 saturated carbocycles. The van der Waals surface area contributed by atoms with Crippen molar-refractivity contribution in [2.75, 3.05) is 6.54 Å². The fourth-order valence-electron chi connectivity index (χ4n) is 4.19. The van der Waals surface area contributed by atoms with Gasteiger partial charge in [0.2, 0.25) is 5.91 Å². The Bertz CT molecular complexity index is 1020. The van der Waals surface area contributed by atoms with Gasteiger partial charge in [0.1, 0.15) is 12.0 Å². The monoisotopic (exact) mass is 390 g/mol. The molecule has 1 aliphatic heterocycles. The first-order chi connectivity index (χ1) is 14.2. The van der Waals surface area contributed by atoms with E-state index in [1.54, 1.807) is 6.33 Å². The first kappa shape index (κ1) is 18.1. The summed E-state index contributed by atoms with van der Waals surface area (Å²) >= 11 is 0. The lowest BCUT2D eigenvalue weighted by Crippen LogP contribution is -2.36. The van der Waals surface area contributed by atoms with Crippen LogP contribution in [0.2, 0.25) is 0 Å². The lowest BCUT2D eigenvalue weighted by molar-refractivity contribution is -0.132. The van der Waals surface area contributed by atoms with Crippen molar-refractivity contribution in [2.45, 2.75) is 45.2 Å². The van der Waals surface area contributed by atoms with Crippen LogP contribution in [0.15, 0.2) is 36.7 Å². The highest BCUT2D eigenvalue weighted by molar-refractivity contribution is 5.77. The average Bonchev–Trinajstić information content (AvgIpc) is 3.35. The molecule has 150 valence electrons. The molecule has 1 fully saturated rings. The van der Waals surface area contributed by atoms with Crippen LogP contribution in [-0.4, -0.2) is 41.9 Å². The molecule has 3 heterocycles. The van der Waals surface area contributed by atoms with Crippen molar-refractivity contribution < 1.29 is 4.79 Å². The summed E-state index contributed by atoms with van der Waals surface area (Å²) in [5, 5.41) is 13.3. The molecule has 0 atom stereocenters. The number of aryl methyl sites for hydroxylation is 2. The van der Waals surface area contributed by atoms with Crippen molar-refractivity contribution in [3.05, 3.63) is 53.5 Å². The molecule has 7 heteroatoms. The first-order valence-corrected chi connectivity index (χ1v) is 10.4. The van der Waals surface area contributed by atoms with Crippen LogP contribution in [0.5, 0.6) is 0 Å². The fraction of sp³-hybridized carbons (Fsp3) is 0.455. The predicted octanol–water partition coefficient (Wildman–Crippen LogP) is 2.61. The number of nitrogens with zero attached hydrogens (tertiary/aromatic N) is 6. The predicted molar refractivity (Wildman–Crippen MR) is 109 cm³/mol. The van der Waals surface area contributed by atoms with Crippen LogP contribution in [0, 0.1) is 5.92 Å². The van der Waals surface area contributed by atoms with Crippen LogP contribution in [0.3, 0.4) is 0 Å². The lowest BCUT2D eigenvalue weighted by Gasteiger charge is -2.27. The largest absolute Gasteiger partial charge is 0.338 e. The van der Waals surface area contributed by atoms with Crippen molar-refractivity contribution in [1.82, 2.24) is 29.4 Å². The third kappa shape index (κ3) is 3.69. The van der Waals surface area contributed by atoms with Gasteiger partial charge in [0, 0.05) is 50.8 Å². The summed E-state index contributed by atoms with van der Waals surface area (Å²) in [6, 6.07) is 10.2. The zero-order chi connectivity index (χ0) is 19.8. The molecule has 1 amide bonds. The SMILES string of the molecule is Cn1nc(-c2nncn2CC2CC2)c2c1CCN(C(=O)CCc1ccccc1)C2. The van der Waals surface area contributed by atoms with Crippen molar-refractivity contribution >= 4 is 5.91 Å². The van der Waals surface area contributed by atoms with Gasteiger partial charge in [-0.15, -0.1) is 10.2 Å². The molecular weight excluding hydrogens is 364 g/mol. The lowest BCUT2D eigenvalue weighted by atomic mass is 10.0. The number of carbonyl (C=O) groups excluding carboxylic acids is 1. The molecular formula is C22H26N6O. The van der Waals surface area contributed by atoms with Crippen LogP contribution in [-0.2, 0) is 37.8 Å². The molecule has 5 rings (SSSR count). The van der Waals surface area contributed by atoms with E-state index in [4.69, 9.17) is 5.10 Å². The highest BCUT2D eigenvalue weighted by atomic mass is 16.2. The van der Waals surface area contributed by atoms with E-state index in [9.17, 15) is 4.79 Å². The Morgan fingerprint density at radius 1 is 1.21 bits per heavy atom. The van der Waals surface area contributed by atoms with Crippen LogP contribution in [0.1, 0.15) is 36.1 Å². The summed E-state index contributed by atoms with van der Waals surface area (Å²) in [5.74, 6) is 1.77. The highest BCUT2D eigenvalue weighted by Gasteiger charge is 2.30. The minimum atomic E-state index is 0.203. The quantitative estimate of drug-likeness (QED) is 0.649. The molecule has 0 bridgehead atoms. The van der Waals surface area contributed by atoms with Crippen LogP contribution < -0.4 is 0 Å². The van der Waals surface area contributed by atoms with Gasteiger partial charge in [-0.05, 0) is 30.7 Å². The number of amides is 1.